The van der Waals surface area contributed by atoms with Crippen LogP contribution in [0.3, 0.4) is 0 Å². The van der Waals surface area contributed by atoms with E-state index < -0.39 is 5.91 Å². The minimum atomic E-state index is -0.499. The lowest BCUT2D eigenvalue weighted by atomic mass is 10.0. The van der Waals surface area contributed by atoms with E-state index in [1.165, 1.54) is 5.56 Å². The first-order valence-electron chi connectivity index (χ1n) is 6.62. The number of carbonyl (C=O) groups excluding carboxylic acids is 1. The third-order valence-corrected chi connectivity index (χ3v) is 3.71. The highest BCUT2D eigenvalue weighted by atomic mass is 16.5. The van der Waals surface area contributed by atoms with Gasteiger partial charge in [0, 0.05) is 11.3 Å². The third kappa shape index (κ3) is 2.38. The fraction of sp³-hybridized carbons (Fsp3) is 0.188. The van der Waals surface area contributed by atoms with Crippen molar-refractivity contribution in [2.75, 3.05) is 5.32 Å². The van der Waals surface area contributed by atoms with Crippen LogP contribution in [0.2, 0.25) is 0 Å². The molecule has 1 aliphatic carbocycles. The van der Waals surface area contributed by atoms with Crippen LogP contribution in [0.4, 0.5) is 5.69 Å². The monoisotopic (exact) mass is 268 g/mol. The summed E-state index contributed by atoms with van der Waals surface area (Å²) in [4.78, 5) is 11.3. The summed E-state index contributed by atoms with van der Waals surface area (Å²) in [6, 6.07) is 17.5. The van der Waals surface area contributed by atoms with Crippen LogP contribution in [0.5, 0.6) is 0 Å². The molecule has 0 aliphatic heterocycles. The van der Waals surface area contributed by atoms with Crippen molar-refractivity contribution in [3.8, 4) is 0 Å². The number of hydrogen-bond donors (Lipinski definition) is 3. The minimum absolute atomic E-state index is 0.0298. The van der Waals surface area contributed by atoms with E-state index in [1.54, 1.807) is 17.6 Å². The molecule has 0 radical (unpaired) electrons. The topological polar surface area (TPSA) is 61.4 Å². The van der Waals surface area contributed by atoms with E-state index in [0.29, 0.717) is 5.56 Å². The van der Waals surface area contributed by atoms with Crippen LogP contribution in [0.1, 0.15) is 28.8 Å². The van der Waals surface area contributed by atoms with E-state index in [-0.39, 0.29) is 5.54 Å². The van der Waals surface area contributed by atoms with Gasteiger partial charge in [0.25, 0.3) is 5.91 Å². The SMILES string of the molecule is O=C(NO)c1ccc(NC2(c3ccccc3)CC2)cc1. The highest BCUT2D eigenvalue weighted by Gasteiger charge is 2.44. The molecule has 1 saturated carbocycles. The molecule has 0 saturated heterocycles. The van der Waals surface area contributed by atoms with Crippen molar-refractivity contribution in [1.29, 1.82) is 0 Å². The van der Waals surface area contributed by atoms with Crippen LogP contribution < -0.4 is 10.8 Å². The first-order valence-corrected chi connectivity index (χ1v) is 6.62. The summed E-state index contributed by atoms with van der Waals surface area (Å²) in [6.45, 7) is 0. The molecule has 0 unspecified atom stereocenters. The molecule has 3 N–H and O–H groups in total. The Kier molecular flexibility index (Phi) is 3.16. The van der Waals surface area contributed by atoms with Crippen molar-refractivity contribution in [2.24, 2.45) is 0 Å². The van der Waals surface area contributed by atoms with Gasteiger partial charge in [-0.05, 0) is 42.7 Å². The Morgan fingerprint density at radius 2 is 1.65 bits per heavy atom. The molecule has 3 rings (SSSR count). The maximum absolute atomic E-state index is 11.3. The molecule has 1 amide bonds. The van der Waals surface area contributed by atoms with Gasteiger partial charge in [-0.15, -0.1) is 0 Å². The molecule has 2 aromatic rings. The van der Waals surface area contributed by atoms with E-state index in [2.05, 4.69) is 17.4 Å². The van der Waals surface area contributed by atoms with Gasteiger partial charge in [0.15, 0.2) is 0 Å². The zero-order chi connectivity index (χ0) is 14.0. The number of hydrogen-bond acceptors (Lipinski definition) is 3. The molecular weight excluding hydrogens is 252 g/mol. The zero-order valence-corrected chi connectivity index (χ0v) is 11.0. The van der Waals surface area contributed by atoms with E-state index >= 15 is 0 Å². The summed E-state index contributed by atoms with van der Waals surface area (Å²) < 4.78 is 0. The lowest BCUT2D eigenvalue weighted by molar-refractivity contribution is 0.0706. The van der Waals surface area contributed by atoms with Gasteiger partial charge in [0.1, 0.15) is 0 Å². The Labute approximate surface area is 117 Å². The Balaban J connectivity index is 1.77. The maximum Gasteiger partial charge on any atom is 0.274 e. The summed E-state index contributed by atoms with van der Waals surface area (Å²) in [5.74, 6) is -0.499. The van der Waals surface area contributed by atoms with Gasteiger partial charge in [-0.1, -0.05) is 30.3 Å². The van der Waals surface area contributed by atoms with Gasteiger partial charge < -0.3 is 5.32 Å². The van der Waals surface area contributed by atoms with Crippen molar-refractivity contribution >= 4 is 11.6 Å². The lowest BCUT2D eigenvalue weighted by Gasteiger charge is -2.19. The van der Waals surface area contributed by atoms with Gasteiger partial charge in [-0.25, -0.2) is 5.48 Å². The van der Waals surface area contributed by atoms with Crippen LogP contribution in [-0.2, 0) is 5.54 Å². The van der Waals surface area contributed by atoms with Crippen molar-refractivity contribution in [1.82, 2.24) is 5.48 Å². The van der Waals surface area contributed by atoms with Crippen LogP contribution in [-0.4, -0.2) is 11.1 Å². The number of amides is 1. The summed E-state index contributed by atoms with van der Waals surface area (Å²) >= 11 is 0. The second kappa shape index (κ2) is 4.98. The summed E-state index contributed by atoms with van der Waals surface area (Å²) in [6.07, 6.45) is 2.21. The molecule has 4 nitrogen and oxygen atoms in total. The van der Waals surface area contributed by atoms with Gasteiger partial charge >= 0.3 is 0 Å². The van der Waals surface area contributed by atoms with Gasteiger partial charge in [0.05, 0.1) is 5.54 Å². The Hall–Kier alpha value is -2.33. The molecule has 0 heterocycles. The van der Waals surface area contributed by atoms with Crippen LogP contribution in [0, 0.1) is 0 Å². The number of hydroxylamine groups is 1. The molecule has 4 heteroatoms. The molecule has 0 atom stereocenters. The molecule has 102 valence electrons. The Morgan fingerprint density at radius 1 is 1.00 bits per heavy atom. The first kappa shape index (κ1) is 12.7. The summed E-state index contributed by atoms with van der Waals surface area (Å²) in [7, 11) is 0. The highest BCUT2D eigenvalue weighted by Crippen LogP contribution is 2.48. The van der Waals surface area contributed by atoms with Crippen molar-refractivity contribution in [3.63, 3.8) is 0 Å². The fourth-order valence-electron chi connectivity index (χ4n) is 2.41. The Bertz CT molecular complexity index is 604. The predicted molar refractivity (Wildman–Crippen MR) is 76.7 cm³/mol. The second-order valence-corrected chi connectivity index (χ2v) is 5.09. The highest BCUT2D eigenvalue weighted by molar-refractivity contribution is 5.93. The van der Waals surface area contributed by atoms with E-state index in [1.807, 2.05) is 30.3 Å². The van der Waals surface area contributed by atoms with Crippen molar-refractivity contribution < 1.29 is 10.0 Å². The molecule has 2 aromatic carbocycles. The second-order valence-electron chi connectivity index (χ2n) is 5.09. The summed E-state index contributed by atoms with van der Waals surface area (Å²) in [5.41, 5.74) is 4.35. The molecule has 0 spiro atoms. The van der Waals surface area contributed by atoms with E-state index in [9.17, 15) is 4.79 Å². The average molecular weight is 268 g/mol. The normalized spacial score (nSPS) is 15.4. The van der Waals surface area contributed by atoms with Crippen molar-refractivity contribution in [3.05, 3.63) is 65.7 Å². The molecule has 0 aromatic heterocycles. The van der Waals surface area contributed by atoms with Gasteiger partial charge in [-0.3, -0.25) is 10.0 Å². The third-order valence-electron chi connectivity index (χ3n) is 3.71. The molecule has 1 fully saturated rings. The number of anilines is 1. The quantitative estimate of drug-likeness (QED) is 0.590. The standard InChI is InChI=1S/C16H16N2O2/c19-15(18-20)12-6-8-14(9-7-12)17-16(10-11-16)13-4-2-1-3-5-13/h1-9,17,20H,10-11H2,(H,18,19). The molecule has 20 heavy (non-hydrogen) atoms. The minimum Gasteiger partial charge on any atom is -0.376 e. The van der Waals surface area contributed by atoms with Crippen molar-refractivity contribution in [2.45, 2.75) is 18.4 Å². The van der Waals surface area contributed by atoms with Crippen LogP contribution in [0.25, 0.3) is 0 Å². The Morgan fingerprint density at radius 3 is 2.20 bits per heavy atom. The lowest BCUT2D eigenvalue weighted by Crippen LogP contribution is -2.20. The summed E-state index contributed by atoms with van der Waals surface area (Å²) in [5, 5.41) is 12.1. The van der Waals surface area contributed by atoms with Crippen LogP contribution >= 0.6 is 0 Å². The number of benzene rings is 2. The molecule has 0 bridgehead atoms. The fourth-order valence-corrected chi connectivity index (χ4v) is 2.41. The predicted octanol–water partition coefficient (Wildman–Crippen LogP) is 2.91. The number of rotatable bonds is 4. The largest absolute Gasteiger partial charge is 0.376 e. The smallest absolute Gasteiger partial charge is 0.274 e. The number of carbonyl (C=O) groups is 1. The van der Waals surface area contributed by atoms with Crippen LogP contribution in [0.15, 0.2) is 54.6 Å². The number of nitrogens with one attached hydrogen (secondary N) is 2. The zero-order valence-electron chi connectivity index (χ0n) is 11.0. The van der Waals surface area contributed by atoms with Gasteiger partial charge in [-0.2, -0.15) is 0 Å². The van der Waals surface area contributed by atoms with Gasteiger partial charge in [0.2, 0.25) is 0 Å². The molecular formula is C16H16N2O2. The average Bonchev–Trinajstić information content (AvgIpc) is 3.29. The molecule has 1 aliphatic rings. The van der Waals surface area contributed by atoms with E-state index in [0.717, 1.165) is 18.5 Å². The van der Waals surface area contributed by atoms with E-state index in [4.69, 9.17) is 5.21 Å². The first-order chi connectivity index (χ1) is 9.73. The maximum atomic E-state index is 11.3.